The normalized spacial score (nSPS) is 18.6. The van der Waals surface area contributed by atoms with Crippen LogP contribution in [0.15, 0.2) is 0 Å². The van der Waals surface area contributed by atoms with Gasteiger partial charge in [-0.1, -0.05) is 0 Å². The lowest BCUT2D eigenvalue weighted by Crippen LogP contribution is -2.36. The third-order valence-corrected chi connectivity index (χ3v) is 3.26. The van der Waals surface area contributed by atoms with E-state index in [4.69, 9.17) is 0 Å². The van der Waals surface area contributed by atoms with Gasteiger partial charge >= 0.3 is 0 Å². The molecular weight excluding hydrogens is 202 g/mol. The third kappa shape index (κ3) is 5.47. The molecule has 1 aliphatic rings. The van der Waals surface area contributed by atoms with E-state index in [0.717, 1.165) is 19.5 Å². The molecule has 4 heteroatoms. The summed E-state index contributed by atoms with van der Waals surface area (Å²) in [6.07, 6.45) is 4.00. The first-order valence-electron chi connectivity index (χ1n) is 6.32. The topological polar surface area (TPSA) is 44.4 Å². The van der Waals surface area contributed by atoms with Gasteiger partial charge in [-0.25, -0.2) is 0 Å². The van der Waals surface area contributed by atoms with E-state index in [1.54, 1.807) is 0 Å². The smallest absolute Gasteiger partial charge is 0.220 e. The molecule has 1 amide bonds. The van der Waals surface area contributed by atoms with Gasteiger partial charge in [-0.15, -0.1) is 0 Å². The molecule has 0 spiro atoms. The van der Waals surface area contributed by atoms with Crippen molar-refractivity contribution in [3.8, 4) is 0 Å². The number of nitrogens with one attached hydrogen (secondary N) is 2. The minimum absolute atomic E-state index is 0.203. The number of carbonyl (C=O) groups excluding carboxylic acids is 1. The van der Waals surface area contributed by atoms with Crippen LogP contribution in [0.2, 0.25) is 0 Å². The molecule has 0 aromatic rings. The van der Waals surface area contributed by atoms with Crippen LogP contribution >= 0.6 is 0 Å². The quantitative estimate of drug-likeness (QED) is 0.647. The molecule has 2 N–H and O–H groups in total. The summed E-state index contributed by atoms with van der Waals surface area (Å²) in [7, 11) is 4.07. The van der Waals surface area contributed by atoms with Crippen molar-refractivity contribution in [2.45, 2.75) is 25.7 Å². The second-order valence-electron chi connectivity index (χ2n) is 4.76. The molecule has 1 rings (SSSR count). The van der Waals surface area contributed by atoms with E-state index in [-0.39, 0.29) is 5.91 Å². The minimum Gasteiger partial charge on any atom is -0.356 e. The van der Waals surface area contributed by atoms with Gasteiger partial charge in [0.25, 0.3) is 0 Å². The second kappa shape index (κ2) is 7.63. The molecule has 1 saturated heterocycles. The molecular formula is C12H25N3O. The number of hydrogen-bond donors (Lipinski definition) is 2. The molecule has 0 aromatic heterocycles. The van der Waals surface area contributed by atoms with E-state index in [0.29, 0.717) is 12.3 Å². The highest BCUT2D eigenvalue weighted by Gasteiger charge is 2.16. The first-order valence-corrected chi connectivity index (χ1v) is 6.32. The van der Waals surface area contributed by atoms with Gasteiger partial charge in [0.1, 0.15) is 0 Å². The molecule has 16 heavy (non-hydrogen) atoms. The number of piperidine rings is 1. The Kier molecular flexibility index (Phi) is 6.42. The van der Waals surface area contributed by atoms with E-state index in [1.807, 2.05) is 7.05 Å². The Morgan fingerprint density at radius 3 is 2.69 bits per heavy atom. The average molecular weight is 227 g/mol. The van der Waals surface area contributed by atoms with Crippen LogP contribution in [0.3, 0.4) is 0 Å². The van der Waals surface area contributed by atoms with Crippen molar-refractivity contribution >= 4 is 5.91 Å². The van der Waals surface area contributed by atoms with E-state index >= 15 is 0 Å². The molecule has 1 heterocycles. The van der Waals surface area contributed by atoms with Gasteiger partial charge in [-0.05, 0) is 58.9 Å². The first-order chi connectivity index (χ1) is 7.72. The van der Waals surface area contributed by atoms with Crippen LogP contribution in [0.25, 0.3) is 0 Å². The van der Waals surface area contributed by atoms with Crippen molar-refractivity contribution < 1.29 is 4.79 Å². The van der Waals surface area contributed by atoms with Gasteiger partial charge in [-0.3, -0.25) is 4.79 Å². The van der Waals surface area contributed by atoms with Gasteiger partial charge in [-0.2, -0.15) is 0 Å². The van der Waals surface area contributed by atoms with E-state index in [1.165, 1.54) is 25.9 Å². The summed E-state index contributed by atoms with van der Waals surface area (Å²) in [5.41, 5.74) is 0. The van der Waals surface area contributed by atoms with E-state index in [9.17, 15) is 4.79 Å². The number of hydrogen-bond acceptors (Lipinski definition) is 3. The van der Waals surface area contributed by atoms with Gasteiger partial charge in [0, 0.05) is 13.0 Å². The summed E-state index contributed by atoms with van der Waals surface area (Å²) in [5.74, 6) is 0.888. The highest BCUT2D eigenvalue weighted by molar-refractivity contribution is 5.75. The van der Waals surface area contributed by atoms with E-state index in [2.05, 4.69) is 22.6 Å². The Morgan fingerprint density at radius 2 is 2.06 bits per heavy atom. The predicted molar refractivity (Wildman–Crippen MR) is 66.4 cm³/mol. The standard InChI is InChI=1S/C12H25N3O/c1-13-7-3-4-12(16)14-10-11-5-8-15(2)9-6-11/h11,13H,3-10H2,1-2H3,(H,14,16). The van der Waals surface area contributed by atoms with Crippen molar-refractivity contribution in [1.82, 2.24) is 15.5 Å². The Morgan fingerprint density at radius 1 is 1.38 bits per heavy atom. The van der Waals surface area contributed by atoms with Gasteiger partial charge in [0.2, 0.25) is 5.91 Å². The van der Waals surface area contributed by atoms with Crippen molar-refractivity contribution in [1.29, 1.82) is 0 Å². The Labute approximate surface area is 98.8 Å². The fraction of sp³-hybridized carbons (Fsp3) is 0.917. The fourth-order valence-corrected chi connectivity index (χ4v) is 2.04. The monoisotopic (exact) mass is 227 g/mol. The van der Waals surface area contributed by atoms with Crippen molar-refractivity contribution in [2.24, 2.45) is 5.92 Å². The van der Waals surface area contributed by atoms with Gasteiger partial charge in [0.15, 0.2) is 0 Å². The van der Waals surface area contributed by atoms with Crippen LogP contribution < -0.4 is 10.6 Å². The van der Waals surface area contributed by atoms with E-state index < -0.39 is 0 Å². The number of likely N-dealkylation sites (tertiary alicyclic amines) is 1. The molecule has 0 aliphatic carbocycles. The highest BCUT2D eigenvalue weighted by Crippen LogP contribution is 2.14. The van der Waals surface area contributed by atoms with Gasteiger partial charge < -0.3 is 15.5 Å². The SMILES string of the molecule is CNCCCC(=O)NCC1CCN(C)CC1. The van der Waals surface area contributed by atoms with Crippen molar-refractivity contribution in [3.05, 3.63) is 0 Å². The summed E-state index contributed by atoms with van der Waals surface area (Å²) >= 11 is 0. The van der Waals surface area contributed by atoms with Crippen molar-refractivity contribution in [3.63, 3.8) is 0 Å². The summed E-state index contributed by atoms with van der Waals surface area (Å²) in [6, 6.07) is 0. The zero-order chi connectivity index (χ0) is 11.8. The molecule has 0 atom stereocenters. The van der Waals surface area contributed by atoms with Crippen molar-refractivity contribution in [2.75, 3.05) is 40.3 Å². The Bertz CT molecular complexity index is 200. The first kappa shape index (κ1) is 13.5. The molecule has 94 valence electrons. The highest BCUT2D eigenvalue weighted by atomic mass is 16.1. The maximum atomic E-state index is 11.5. The lowest BCUT2D eigenvalue weighted by Gasteiger charge is -2.28. The maximum absolute atomic E-state index is 11.5. The molecule has 4 nitrogen and oxygen atoms in total. The number of nitrogens with zero attached hydrogens (tertiary/aromatic N) is 1. The predicted octanol–water partition coefficient (Wildman–Crippen LogP) is 0.444. The Balaban J connectivity index is 2.03. The van der Waals surface area contributed by atoms with Crippen LogP contribution in [0.5, 0.6) is 0 Å². The lowest BCUT2D eigenvalue weighted by molar-refractivity contribution is -0.121. The molecule has 0 bridgehead atoms. The maximum Gasteiger partial charge on any atom is 0.220 e. The molecule has 0 saturated carbocycles. The summed E-state index contributed by atoms with van der Waals surface area (Å²) in [4.78, 5) is 13.8. The van der Waals surface area contributed by atoms with Crippen LogP contribution in [-0.2, 0) is 4.79 Å². The van der Waals surface area contributed by atoms with Gasteiger partial charge in [0.05, 0.1) is 0 Å². The number of amides is 1. The zero-order valence-corrected chi connectivity index (χ0v) is 10.6. The fourth-order valence-electron chi connectivity index (χ4n) is 2.04. The zero-order valence-electron chi connectivity index (χ0n) is 10.6. The number of carbonyl (C=O) groups is 1. The summed E-state index contributed by atoms with van der Waals surface area (Å²) in [5, 5.41) is 6.09. The lowest BCUT2D eigenvalue weighted by atomic mass is 9.97. The minimum atomic E-state index is 0.203. The average Bonchev–Trinajstić information content (AvgIpc) is 2.29. The summed E-state index contributed by atoms with van der Waals surface area (Å²) < 4.78 is 0. The molecule has 1 aliphatic heterocycles. The molecule has 0 unspecified atom stereocenters. The van der Waals surface area contributed by atoms with Crippen LogP contribution in [0.4, 0.5) is 0 Å². The molecule has 1 fully saturated rings. The van der Waals surface area contributed by atoms with Crippen LogP contribution in [-0.4, -0.2) is 51.1 Å². The van der Waals surface area contributed by atoms with Crippen LogP contribution in [0, 0.1) is 5.92 Å². The Hall–Kier alpha value is -0.610. The second-order valence-corrected chi connectivity index (χ2v) is 4.76. The number of rotatable bonds is 6. The largest absolute Gasteiger partial charge is 0.356 e. The molecule has 0 aromatic carbocycles. The third-order valence-electron chi connectivity index (χ3n) is 3.26. The summed E-state index contributed by atoms with van der Waals surface area (Å²) in [6.45, 7) is 4.12. The van der Waals surface area contributed by atoms with Crippen LogP contribution in [0.1, 0.15) is 25.7 Å². The molecule has 0 radical (unpaired) electrons.